The van der Waals surface area contributed by atoms with Crippen LogP contribution in [-0.2, 0) is 0 Å². The Bertz CT molecular complexity index is 951. The Labute approximate surface area is 169 Å². The van der Waals surface area contributed by atoms with Gasteiger partial charge in [0.1, 0.15) is 22.3 Å². The van der Waals surface area contributed by atoms with Crippen molar-refractivity contribution in [1.82, 2.24) is 14.9 Å². The summed E-state index contributed by atoms with van der Waals surface area (Å²) in [7, 11) is 5.49. The second-order valence-corrected chi connectivity index (χ2v) is 7.66. The third kappa shape index (κ3) is 3.81. The summed E-state index contributed by atoms with van der Waals surface area (Å²) in [6, 6.07) is 9.91. The molecular weight excluding hydrogens is 372 g/mol. The standard InChI is InChI=1S/C21H24N4O2S/c1-24-8-10-25(11-9-24)20-12-15(6-7-22-20)21-23-18(14-28-21)17-13-16(26-2)4-5-19(17)27-3/h4-7,12-14H,8-11H2,1-3H3. The Hall–Kier alpha value is -2.64. The number of benzene rings is 1. The van der Waals surface area contributed by atoms with Gasteiger partial charge in [-0.05, 0) is 37.4 Å². The number of hydrogen-bond acceptors (Lipinski definition) is 7. The van der Waals surface area contributed by atoms with Crippen LogP contribution >= 0.6 is 11.3 Å². The van der Waals surface area contributed by atoms with Crippen LogP contribution in [0.1, 0.15) is 0 Å². The zero-order chi connectivity index (χ0) is 19.5. The summed E-state index contributed by atoms with van der Waals surface area (Å²) in [5, 5.41) is 3.03. The minimum absolute atomic E-state index is 0.783. The van der Waals surface area contributed by atoms with Crippen molar-refractivity contribution < 1.29 is 9.47 Å². The molecule has 1 saturated heterocycles. The van der Waals surface area contributed by atoms with Crippen LogP contribution in [0.15, 0.2) is 41.9 Å². The lowest BCUT2D eigenvalue weighted by molar-refractivity contribution is 0.312. The van der Waals surface area contributed by atoms with E-state index < -0.39 is 0 Å². The Morgan fingerprint density at radius 1 is 1.00 bits per heavy atom. The Kier molecular flexibility index (Phi) is 5.45. The molecule has 0 spiro atoms. The van der Waals surface area contributed by atoms with Crippen molar-refractivity contribution in [2.75, 3.05) is 52.3 Å². The predicted molar refractivity (Wildman–Crippen MR) is 114 cm³/mol. The molecule has 7 heteroatoms. The molecule has 2 aromatic heterocycles. The fourth-order valence-corrected chi connectivity index (χ4v) is 4.12. The van der Waals surface area contributed by atoms with Gasteiger partial charge in [-0.3, -0.25) is 0 Å². The number of likely N-dealkylation sites (N-methyl/N-ethyl adjacent to an activating group) is 1. The summed E-state index contributed by atoms with van der Waals surface area (Å²) in [6.07, 6.45) is 1.87. The van der Waals surface area contributed by atoms with Crippen molar-refractivity contribution in [2.24, 2.45) is 0 Å². The molecule has 0 N–H and O–H groups in total. The molecule has 0 aliphatic carbocycles. The summed E-state index contributed by atoms with van der Waals surface area (Å²) in [4.78, 5) is 14.1. The van der Waals surface area contributed by atoms with Gasteiger partial charge < -0.3 is 19.3 Å². The fourth-order valence-electron chi connectivity index (χ4n) is 3.30. The number of hydrogen-bond donors (Lipinski definition) is 0. The molecule has 6 nitrogen and oxygen atoms in total. The van der Waals surface area contributed by atoms with Crippen LogP contribution in [0.2, 0.25) is 0 Å². The van der Waals surface area contributed by atoms with Gasteiger partial charge in [0.05, 0.1) is 19.9 Å². The zero-order valence-electron chi connectivity index (χ0n) is 16.4. The zero-order valence-corrected chi connectivity index (χ0v) is 17.2. The van der Waals surface area contributed by atoms with E-state index in [1.165, 1.54) is 0 Å². The van der Waals surface area contributed by atoms with Gasteiger partial charge in [-0.15, -0.1) is 11.3 Å². The number of nitrogens with zero attached hydrogens (tertiary/aromatic N) is 4. The lowest BCUT2D eigenvalue weighted by Gasteiger charge is -2.33. The first-order chi connectivity index (χ1) is 13.7. The van der Waals surface area contributed by atoms with E-state index in [9.17, 15) is 0 Å². The van der Waals surface area contributed by atoms with Crippen molar-refractivity contribution in [3.05, 3.63) is 41.9 Å². The van der Waals surface area contributed by atoms with Gasteiger partial charge in [0.15, 0.2) is 0 Å². The van der Waals surface area contributed by atoms with Crippen molar-refractivity contribution in [2.45, 2.75) is 0 Å². The van der Waals surface area contributed by atoms with Crippen molar-refractivity contribution in [3.8, 4) is 33.3 Å². The van der Waals surface area contributed by atoms with E-state index in [0.717, 1.165) is 65.3 Å². The van der Waals surface area contributed by atoms with Gasteiger partial charge in [-0.2, -0.15) is 0 Å². The molecule has 1 fully saturated rings. The smallest absolute Gasteiger partial charge is 0.129 e. The third-order valence-corrected chi connectivity index (χ3v) is 5.90. The number of aromatic nitrogens is 2. The second-order valence-electron chi connectivity index (χ2n) is 6.80. The van der Waals surface area contributed by atoms with Crippen molar-refractivity contribution in [3.63, 3.8) is 0 Å². The maximum absolute atomic E-state index is 5.51. The number of anilines is 1. The Morgan fingerprint density at radius 2 is 1.82 bits per heavy atom. The van der Waals surface area contributed by atoms with Crippen LogP contribution < -0.4 is 14.4 Å². The summed E-state index contributed by atoms with van der Waals surface area (Å²) >= 11 is 1.62. The van der Waals surface area contributed by atoms with E-state index in [2.05, 4.69) is 33.3 Å². The summed E-state index contributed by atoms with van der Waals surface area (Å²) in [6.45, 7) is 4.11. The van der Waals surface area contributed by atoms with Crippen LogP contribution in [0.5, 0.6) is 11.5 Å². The normalized spacial score (nSPS) is 14.9. The lowest BCUT2D eigenvalue weighted by Crippen LogP contribution is -2.44. The van der Waals surface area contributed by atoms with Crippen LogP contribution in [0, 0.1) is 0 Å². The van der Waals surface area contributed by atoms with Crippen LogP contribution in [0.4, 0.5) is 5.82 Å². The largest absolute Gasteiger partial charge is 0.497 e. The molecule has 0 amide bonds. The molecule has 1 aromatic carbocycles. The van der Waals surface area contributed by atoms with Crippen molar-refractivity contribution in [1.29, 1.82) is 0 Å². The highest BCUT2D eigenvalue weighted by atomic mass is 32.1. The van der Waals surface area contributed by atoms with Crippen LogP contribution in [0.3, 0.4) is 0 Å². The van der Waals surface area contributed by atoms with E-state index >= 15 is 0 Å². The molecule has 4 rings (SSSR count). The van der Waals surface area contributed by atoms with Crippen molar-refractivity contribution >= 4 is 17.2 Å². The number of ether oxygens (including phenoxy) is 2. The molecular formula is C21H24N4O2S. The molecule has 3 aromatic rings. The van der Waals surface area contributed by atoms with E-state index in [-0.39, 0.29) is 0 Å². The number of methoxy groups -OCH3 is 2. The average molecular weight is 397 g/mol. The maximum Gasteiger partial charge on any atom is 0.129 e. The number of thiazole rings is 1. The molecule has 0 saturated carbocycles. The van der Waals surface area contributed by atoms with E-state index in [0.29, 0.717) is 0 Å². The Morgan fingerprint density at radius 3 is 2.57 bits per heavy atom. The molecule has 0 atom stereocenters. The van der Waals surface area contributed by atoms with Gasteiger partial charge in [-0.1, -0.05) is 0 Å². The lowest BCUT2D eigenvalue weighted by atomic mass is 10.1. The summed E-state index contributed by atoms with van der Waals surface area (Å²) in [5.74, 6) is 2.58. The first-order valence-corrected chi connectivity index (χ1v) is 10.1. The maximum atomic E-state index is 5.51. The first-order valence-electron chi connectivity index (χ1n) is 9.26. The van der Waals surface area contributed by atoms with Gasteiger partial charge >= 0.3 is 0 Å². The van der Waals surface area contributed by atoms with Gasteiger partial charge in [0, 0.05) is 48.9 Å². The predicted octanol–water partition coefficient (Wildman–Crippen LogP) is 3.64. The van der Waals surface area contributed by atoms with Gasteiger partial charge in [0.25, 0.3) is 0 Å². The highest BCUT2D eigenvalue weighted by molar-refractivity contribution is 7.13. The molecule has 3 heterocycles. The monoisotopic (exact) mass is 396 g/mol. The van der Waals surface area contributed by atoms with Gasteiger partial charge in [-0.25, -0.2) is 9.97 Å². The molecule has 0 bridgehead atoms. The van der Waals surface area contributed by atoms with Crippen LogP contribution in [0.25, 0.3) is 21.8 Å². The van der Waals surface area contributed by atoms with Crippen LogP contribution in [-0.4, -0.2) is 62.3 Å². The minimum Gasteiger partial charge on any atom is -0.497 e. The van der Waals surface area contributed by atoms with E-state index in [4.69, 9.17) is 14.5 Å². The quantitative estimate of drug-likeness (QED) is 0.656. The third-order valence-electron chi connectivity index (χ3n) is 5.01. The van der Waals surface area contributed by atoms with E-state index in [1.54, 1.807) is 25.6 Å². The summed E-state index contributed by atoms with van der Waals surface area (Å²) in [5.41, 5.74) is 2.90. The SMILES string of the molecule is COc1ccc(OC)c(-c2csc(-c3ccnc(N4CCN(C)CC4)c3)n2)c1. The first kappa shape index (κ1) is 18.7. The molecule has 146 valence electrons. The molecule has 0 unspecified atom stereocenters. The number of pyridine rings is 1. The molecule has 1 aliphatic rings. The molecule has 1 aliphatic heterocycles. The topological polar surface area (TPSA) is 50.7 Å². The highest BCUT2D eigenvalue weighted by Gasteiger charge is 2.17. The second kappa shape index (κ2) is 8.16. The number of rotatable bonds is 5. The fraction of sp³-hybridized carbons (Fsp3) is 0.333. The van der Waals surface area contributed by atoms with Gasteiger partial charge in [0.2, 0.25) is 0 Å². The summed E-state index contributed by atoms with van der Waals surface area (Å²) < 4.78 is 10.9. The highest BCUT2D eigenvalue weighted by Crippen LogP contribution is 2.36. The number of piperazine rings is 1. The Balaban J connectivity index is 1.62. The van der Waals surface area contributed by atoms with E-state index in [1.807, 2.05) is 30.5 Å². The minimum atomic E-state index is 0.783. The molecule has 28 heavy (non-hydrogen) atoms. The molecule has 0 radical (unpaired) electrons. The average Bonchev–Trinajstić information content (AvgIpc) is 3.24.